The van der Waals surface area contributed by atoms with Crippen molar-refractivity contribution in [3.63, 3.8) is 0 Å². The van der Waals surface area contributed by atoms with Crippen LogP contribution in [0, 0.1) is 12.7 Å². The van der Waals surface area contributed by atoms with Crippen LogP contribution in [0.25, 0.3) is 10.9 Å². The van der Waals surface area contributed by atoms with Crippen LogP contribution >= 0.6 is 0 Å². The van der Waals surface area contributed by atoms with Crippen LogP contribution in [0.3, 0.4) is 0 Å². The first-order valence-corrected chi connectivity index (χ1v) is 10.9. The summed E-state index contributed by atoms with van der Waals surface area (Å²) < 4.78 is 20.5. The zero-order chi connectivity index (χ0) is 23.5. The number of halogens is 1. The molecule has 34 heavy (non-hydrogen) atoms. The Hall–Kier alpha value is -4.11. The molecule has 0 atom stereocenters. The van der Waals surface area contributed by atoms with E-state index >= 15 is 0 Å². The number of aromatic nitrogens is 5. The third kappa shape index (κ3) is 4.79. The number of aryl methyl sites for hydroxylation is 1. The monoisotopic (exact) mass is 458 g/mol. The number of nitrogens with one attached hydrogen (secondary N) is 1. The molecule has 0 spiro atoms. The Balaban J connectivity index is 1.42. The number of aromatic amines is 1. The minimum absolute atomic E-state index is 0.128. The van der Waals surface area contributed by atoms with Gasteiger partial charge in [-0.1, -0.05) is 30.3 Å². The zero-order valence-electron chi connectivity index (χ0n) is 18.6. The molecule has 0 saturated heterocycles. The number of rotatable bonds is 8. The Kier molecular flexibility index (Phi) is 6.01. The molecule has 0 bridgehead atoms. The van der Waals surface area contributed by atoms with Gasteiger partial charge in [0.2, 0.25) is 0 Å². The SMILES string of the molecule is Cc1cccc2cc(CN(Cc3ccco3)Cc3nnnn3Cc3ccc(F)cc3)c(=O)[nH]c12. The lowest BCUT2D eigenvalue weighted by molar-refractivity contribution is 0.217. The number of para-hydroxylation sites is 1. The quantitative estimate of drug-likeness (QED) is 0.380. The Labute approximate surface area is 194 Å². The number of hydrogen-bond acceptors (Lipinski definition) is 6. The number of benzene rings is 2. The highest BCUT2D eigenvalue weighted by atomic mass is 19.1. The molecule has 5 rings (SSSR count). The summed E-state index contributed by atoms with van der Waals surface area (Å²) in [5.41, 5.74) is 3.26. The highest BCUT2D eigenvalue weighted by Crippen LogP contribution is 2.18. The predicted molar refractivity (Wildman–Crippen MR) is 124 cm³/mol. The van der Waals surface area contributed by atoms with Gasteiger partial charge in [0.15, 0.2) is 5.82 Å². The van der Waals surface area contributed by atoms with E-state index in [2.05, 4.69) is 25.4 Å². The largest absolute Gasteiger partial charge is 0.468 e. The molecule has 0 radical (unpaired) electrons. The third-order valence-corrected chi connectivity index (χ3v) is 5.74. The Bertz CT molecular complexity index is 1460. The van der Waals surface area contributed by atoms with Crippen LogP contribution in [0.1, 0.15) is 28.3 Å². The van der Waals surface area contributed by atoms with Gasteiger partial charge < -0.3 is 9.40 Å². The minimum Gasteiger partial charge on any atom is -0.468 e. The number of fused-ring (bicyclic) bond motifs is 1. The second-order valence-corrected chi connectivity index (χ2v) is 8.27. The van der Waals surface area contributed by atoms with Gasteiger partial charge in [0.1, 0.15) is 11.6 Å². The van der Waals surface area contributed by atoms with Gasteiger partial charge in [-0.2, -0.15) is 0 Å². The van der Waals surface area contributed by atoms with Crippen LogP contribution in [0.4, 0.5) is 4.39 Å². The molecule has 0 saturated carbocycles. The van der Waals surface area contributed by atoms with Gasteiger partial charge >= 0.3 is 0 Å². The van der Waals surface area contributed by atoms with E-state index < -0.39 is 0 Å². The van der Waals surface area contributed by atoms with Gasteiger partial charge in [0, 0.05) is 12.1 Å². The molecule has 1 N–H and O–H groups in total. The lowest BCUT2D eigenvalue weighted by Gasteiger charge is -2.21. The molecule has 0 aliphatic heterocycles. The third-order valence-electron chi connectivity index (χ3n) is 5.74. The summed E-state index contributed by atoms with van der Waals surface area (Å²) >= 11 is 0. The van der Waals surface area contributed by atoms with Crippen molar-refractivity contribution in [1.82, 2.24) is 30.1 Å². The van der Waals surface area contributed by atoms with Gasteiger partial charge in [0.25, 0.3) is 5.56 Å². The van der Waals surface area contributed by atoms with E-state index in [4.69, 9.17) is 4.42 Å². The minimum atomic E-state index is -0.291. The van der Waals surface area contributed by atoms with Gasteiger partial charge in [0.05, 0.1) is 31.4 Å². The molecule has 0 amide bonds. The van der Waals surface area contributed by atoms with E-state index in [9.17, 15) is 9.18 Å². The molecule has 3 heterocycles. The van der Waals surface area contributed by atoms with Gasteiger partial charge in [-0.05, 0) is 64.2 Å². The van der Waals surface area contributed by atoms with Crippen LogP contribution in [0.5, 0.6) is 0 Å². The number of H-pyrrole nitrogens is 1. The second-order valence-electron chi connectivity index (χ2n) is 8.27. The number of nitrogens with zero attached hydrogens (tertiary/aromatic N) is 5. The topological polar surface area (TPSA) is 92.8 Å². The van der Waals surface area contributed by atoms with Crippen molar-refractivity contribution in [2.24, 2.45) is 0 Å². The standard InChI is InChI=1S/C25H23FN6O2/c1-17-4-2-5-19-12-20(25(33)27-24(17)19)14-31(15-22-6-3-11-34-22)16-23-28-29-30-32(23)13-18-7-9-21(26)10-8-18/h2-12H,13-16H2,1H3,(H,27,33). The first-order chi connectivity index (χ1) is 16.5. The van der Waals surface area contributed by atoms with Crippen molar-refractivity contribution in [1.29, 1.82) is 0 Å². The number of furan rings is 1. The maximum atomic E-state index is 13.3. The van der Waals surface area contributed by atoms with Crippen molar-refractivity contribution >= 4 is 10.9 Å². The Morgan fingerprint density at radius 1 is 1.06 bits per heavy atom. The number of hydrogen-bond donors (Lipinski definition) is 1. The molecular formula is C25H23FN6O2. The van der Waals surface area contributed by atoms with E-state index in [0.717, 1.165) is 27.8 Å². The lowest BCUT2D eigenvalue weighted by Crippen LogP contribution is -2.28. The highest BCUT2D eigenvalue weighted by Gasteiger charge is 2.17. The summed E-state index contributed by atoms with van der Waals surface area (Å²) in [7, 11) is 0. The average molecular weight is 458 g/mol. The summed E-state index contributed by atoms with van der Waals surface area (Å²) in [5.74, 6) is 1.11. The van der Waals surface area contributed by atoms with Crippen molar-refractivity contribution in [2.75, 3.05) is 0 Å². The van der Waals surface area contributed by atoms with Crippen molar-refractivity contribution in [3.05, 3.63) is 111 Å². The summed E-state index contributed by atoms with van der Waals surface area (Å²) in [6.07, 6.45) is 1.62. The van der Waals surface area contributed by atoms with Crippen molar-refractivity contribution in [2.45, 2.75) is 33.1 Å². The van der Waals surface area contributed by atoms with E-state index in [1.54, 1.807) is 23.1 Å². The van der Waals surface area contributed by atoms with Crippen LogP contribution < -0.4 is 5.56 Å². The molecule has 5 aromatic rings. The van der Waals surface area contributed by atoms with Crippen LogP contribution in [-0.2, 0) is 26.2 Å². The highest BCUT2D eigenvalue weighted by molar-refractivity contribution is 5.81. The maximum Gasteiger partial charge on any atom is 0.252 e. The van der Waals surface area contributed by atoms with E-state index in [0.29, 0.717) is 37.6 Å². The van der Waals surface area contributed by atoms with E-state index in [-0.39, 0.29) is 11.4 Å². The van der Waals surface area contributed by atoms with Crippen LogP contribution in [0.15, 0.2) is 76.1 Å². The first-order valence-electron chi connectivity index (χ1n) is 10.9. The lowest BCUT2D eigenvalue weighted by atomic mass is 10.1. The fourth-order valence-corrected chi connectivity index (χ4v) is 4.00. The Morgan fingerprint density at radius 3 is 2.71 bits per heavy atom. The van der Waals surface area contributed by atoms with Gasteiger partial charge in [-0.15, -0.1) is 5.10 Å². The predicted octanol–water partition coefficient (Wildman–Crippen LogP) is 3.81. The zero-order valence-corrected chi connectivity index (χ0v) is 18.6. The summed E-state index contributed by atoms with van der Waals surface area (Å²) in [6.45, 7) is 3.63. The fraction of sp³-hybridized carbons (Fsp3) is 0.200. The van der Waals surface area contributed by atoms with Gasteiger partial charge in [-0.25, -0.2) is 9.07 Å². The molecule has 8 nitrogen and oxygen atoms in total. The molecule has 0 aliphatic rings. The van der Waals surface area contributed by atoms with Crippen LogP contribution in [0.2, 0.25) is 0 Å². The molecule has 3 aromatic heterocycles. The second kappa shape index (κ2) is 9.40. The van der Waals surface area contributed by atoms with E-state index in [1.807, 2.05) is 43.3 Å². The van der Waals surface area contributed by atoms with E-state index in [1.165, 1.54) is 12.1 Å². The normalized spacial score (nSPS) is 11.5. The summed E-state index contributed by atoms with van der Waals surface area (Å²) in [6, 6.07) is 17.8. The molecule has 0 unspecified atom stereocenters. The van der Waals surface area contributed by atoms with Crippen LogP contribution in [-0.4, -0.2) is 30.1 Å². The molecule has 0 fully saturated rings. The molecule has 9 heteroatoms. The average Bonchev–Trinajstić information content (AvgIpc) is 3.49. The first kappa shape index (κ1) is 21.7. The Morgan fingerprint density at radius 2 is 1.91 bits per heavy atom. The molecular weight excluding hydrogens is 435 g/mol. The number of tetrazole rings is 1. The van der Waals surface area contributed by atoms with Gasteiger partial charge in [-0.3, -0.25) is 9.69 Å². The molecule has 172 valence electrons. The van der Waals surface area contributed by atoms with Crippen molar-refractivity contribution < 1.29 is 8.81 Å². The molecule has 2 aromatic carbocycles. The fourth-order valence-electron chi connectivity index (χ4n) is 4.00. The smallest absolute Gasteiger partial charge is 0.252 e. The summed E-state index contributed by atoms with van der Waals surface area (Å²) in [4.78, 5) is 17.9. The number of pyridine rings is 1. The summed E-state index contributed by atoms with van der Waals surface area (Å²) in [5, 5.41) is 13.1. The molecule has 0 aliphatic carbocycles. The van der Waals surface area contributed by atoms with Crippen molar-refractivity contribution in [3.8, 4) is 0 Å². The maximum absolute atomic E-state index is 13.3.